The number of carbonyl (C=O) groups excluding carboxylic acids is 1. The first-order valence-electron chi connectivity index (χ1n) is 11.7. The van der Waals surface area contributed by atoms with E-state index in [0.29, 0.717) is 6.61 Å². The summed E-state index contributed by atoms with van der Waals surface area (Å²) in [6.45, 7) is 13.2. The molecule has 5 heteroatoms. The predicted octanol–water partition coefficient (Wildman–Crippen LogP) is 4.71. The van der Waals surface area contributed by atoms with Crippen LogP contribution in [0, 0.1) is 11.8 Å². The van der Waals surface area contributed by atoms with Crippen molar-refractivity contribution >= 4 is 24.7 Å². The van der Waals surface area contributed by atoms with Gasteiger partial charge < -0.3 is 14.3 Å². The summed E-state index contributed by atoms with van der Waals surface area (Å²) in [6.07, 6.45) is 1.47. The largest absolute Gasteiger partial charge is 0.469 e. The van der Waals surface area contributed by atoms with Gasteiger partial charge in [0.15, 0.2) is 0 Å². The monoisotopic (exact) mass is 468 g/mol. The molecule has 0 amide bonds. The maximum atomic E-state index is 11.5. The highest BCUT2D eigenvalue weighted by Crippen LogP contribution is 2.37. The number of methoxy groups -OCH3 is 1. The van der Waals surface area contributed by atoms with E-state index in [2.05, 4.69) is 69.3 Å². The summed E-state index contributed by atoms with van der Waals surface area (Å²) in [5, 5.41) is 13.4. The molecule has 0 saturated carbocycles. The quantitative estimate of drug-likeness (QED) is 0.312. The zero-order chi connectivity index (χ0) is 24.6. The zero-order valence-electron chi connectivity index (χ0n) is 21.2. The summed E-state index contributed by atoms with van der Waals surface area (Å²) >= 11 is 0. The zero-order valence-corrected chi connectivity index (χ0v) is 22.2. The van der Waals surface area contributed by atoms with Gasteiger partial charge in [-0.25, -0.2) is 0 Å². The molecule has 0 unspecified atom stereocenters. The molecule has 0 radical (unpaired) electrons. The predicted molar refractivity (Wildman–Crippen MR) is 138 cm³/mol. The first kappa shape index (κ1) is 27.0. The van der Waals surface area contributed by atoms with Crippen molar-refractivity contribution in [3.05, 3.63) is 72.3 Å². The second-order valence-electron chi connectivity index (χ2n) is 9.96. The Balaban J connectivity index is 2.32. The van der Waals surface area contributed by atoms with Crippen LogP contribution in [0.3, 0.4) is 0 Å². The molecule has 33 heavy (non-hydrogen) atoms. The molecular weight excluding hydrogens is 428 g/mol. The van der Waals surface area contributed by atoms with Gasteiger partial charge in [0.05, 0.1) is 19.6 Å². The molecule has 0 aliphatic carbocycles. The van der Waals surface area contributed by atoms with Crippen molar-refractivity contribution in [3.8, 4) is 0 Å². The van der Waals surface area contributed by atoms with Crippen LogP contribution in [0.4, 0.5) is 0 Å². The smallest absolute Gasteiger partial charge is 0.309 e. The Bertz CT molecular complexity index is 863. The summed E-state index contributed by atoms with van der Waals surface area (Å²) < 4.78 is 11.7. The first-order valence-corrected chi connectivity index (χ1v) is 13.6. The lowest BCUT2D eigenvalue weighted by Gasteiger charge is -2.44. The molecule has 180 valence electrons. The van der Waals surface area contributed by atoms with Crippen molar-refractivity contribution < 1.29 is 19.1 Å². The van der Waals surface area contributed by atoms with Crippen LogP contribution in [0.2, 0.25) is 5.04 Å². The first-order chi connectivity index (χ1) is 15.5. The van der Waals surface area contributed by atoms with Gasteiger partial charge in [-0.15, -0.1) is 0 Å². The number of rotatable bonds is 10. The third-order valence-electron chi connectivity index (χ3n) is 6.61. The van der Waals surface area contributed by atoms with Gasteiger partial charge in [-0.1, -0.05) is 107 Å². The minimum atomic E-state index is -2.64. The van der Waals surface area contributed by atoms with Crippen molar-refractivity contribution in [2.75, 3.05) is 13.7 Å². The van der Waals surface area contributed by atoms with Crippen LogP contribution >= 0.6 is 0 Å². The molecule has 4 nitrogen and oxygen atoms in total. The molecule has 0 aromatic heterocycles. The lowest BCUT2D eigenvalue weighted by Crippen LogP contribution is -2.67. The molecule has 0 fully saturated rings. The van der Waals surface area contributed by atoms with Crippen molar-refractivity contribution in [1.82, 2.24) is 0 Å². The Labute approximate surface area is 200 Å². The van der Waals surface area contributed by atoms with Crippen molar-refractivity contribution in [2.24, 2.45) is 11.8 Å². The Kier molecular flexibility index (Phi) is 9.65. The molecule has 0 aliphatic heterocycles. The summed E-state index contributed by atoms with van der Waals surface area (Å²) in [5.74, 6) is -0.449. The standard InChI is InChI=1S/C28H40O4Si/c1-21(18-19-26(29)31-7)23(3)27(30)22(2)20-32-33(28(4,5)6,24-14-10-8-11-15-24)25-16-12-9-13-17-25/h8-18,22-23,27,30H,19-20H2,1-7H3/b21-18+/t22-,23-,27+/m0/s1. The molecule has 0 spiro atoms. The number of ether oxygens (including phenoxy) is 1. The fourth-order valence-corrected chi connectivity index (χ4v) is 9.06. The normalized spacial score (nSPS) is 15.6. The molecule has 3 atom stereocenters. The third kappa shape index (κ3) is 6.43. The van der Waals surface area contributed by atoms with E-state index in [1.807, 2.05) is 39.0 Å². The summed E-state index contributed by atoms with van der Waals surface area (Å²) in [6, 6.07) is 21.1. The highest BCUT2D eigenvalue weighted by molar-refractivity contribution is 6.99. The Morgan fingerprint density at radius 1 is 1.00 bits per heavy atom. The number of benzene rings is 2. The van der Waals surface area contributed by atoms with E-state index in [-0.39, 0.29) is 29.3 Å². The second kappa shape index (κ2) is 11.8. The Morgan fingerprint density at radius 2 is 1.48 bits per heavy atom. The SMILES string of the molecule is COC(=O)C/C=C(\C)[C@H](C)[C@H](O)[C@@H](C)CO[Si](c1ccccc1)(c1ccccc1)C(C)(C)C. The van der Waals surface area contributed by atoms with E-state index >= 15 is 0 Å². The Hall–Kier alpha value is -2.21. The molecule has 0 aliphatic rings. The van der Waals surface area contributed by atoms with Gasteiger partial charge in [0.2, 0.25) is 0 Å². The molecule has 0 heterocycles. The van der Waals surface area contributed by atoms with Crippen LogP contribution in [0.15, 0.2) is 72.3 Å². The van der Waals surface area contributed by atoms with Gasteiger partial charge in [0.1, 0.15) is 0 Å². The van der Waals surface area contributed by atoms with Crippen LogP contribution in [0.5, 0.6) is 0 Å². The number of carbonyl (C=O) groups is 1. The molecule has 0 bridgehead atoms. The van der Waals surface area contributed by atoms with Crippen LogP contribution in [-0.4, -0.2) is 39.2 Å². The molecule has 0 saturated heterocycles. The fraction of sp³-hybridized carbons (Fsp3) is 0.464. The number of aliphatic hydroxyl groups is 1. The van der Waals surface area contributed by atoms with E-state index in [0.717, 1.165) is 5.57 Å². The number of esters is 1. The third-order valence-corrected chi connectivity index (χ3v) is 11.6. The highest BCUT2D eigenvalue weighted by Gasteiger charge is 2.50. The van der Waals surface area contributed by atoms with Crippen LogP contribution in [0.1, 0.15) is 48.0 Å². The summed E-state index contributed by atoms with van der Waals surface area (Å²) in [4.78, 5) is 11.5. The number of hydrogen-bond acceptors (Lipinski definition) is 4. The van der Waals surface area contributed by atoms with Crippen LogP contribution in [-0.2, 0) is 14.0 Å². The van der Waals surface area contributed by atoms with Gasteiger partial charge in [0.25, 0.3) is 8.32 Å². The minimum Gasteiger partial charge on any atom is -0.469 e. The van der Waals surface area contributed by atoms with E-state index in [1.165, 1.54) is 17.5 Å². The Morgan fingerprint density at radius 3 is 1.91 bits per heavy atom. The summed E-state index contributed by atoms with van der Waals surface area (Å²) in [5.41, 5.74) is 0.977. The van der Waals surface area contributed by atoms with Gasteiger partial charge in [-0.3, -0.25) is 4.79 Å². The molecular formula is C28H40O4Si. The van der Waals surface area contributed by atoms with E-state index in [4.69, 9.17) is 9.16 Å². The van der Waals surface area contributed by atoms with Crippen molar-refractivity contribution in [3.63, 3.8) is 0 Å². The maximum absolute atomic E-state index is 11.5. The lowest BCUT2D eigenvalue weighted by atomic mass is 9.88. The van der Waals surface area contributed by atoms with Crippen LogP contribution in [0.25, 0.3) is 0 Å². The average molecular weight is 469 g/mol. The van der Waals surface area contributed by atoms with Gasteiger partial charge in [0, 0.05) is 18.4 Å². The molecule has 2 aromatic carbocycles. The molecule has 2 aromatic rings. The van der Waals surface area contributed by atoms with Gasteiger partial charge in [-0.05, 0) is 22.3 Å². The molecule has 2 rings (SSSR count). The van der Waals surface area contributed by atoms with Crippen molar-refractivity contribution in [2.45, 2.75) is 59.1 Å². The average Bonchev–Trinajstić information content (AvgIpc) is 2.82. The van der Waals surface area contributed by atoms with Gasteiger partial charge in [-0.2, -0.15) is 0 Å². The van der Waals surface area contributed by atoms with Gasteiger partial charge >= 0.3 is 5.97 Å². The number of aliphatic hydroxyl groups excluding tert-OH is 1. The maximum Gasteiger partial charge on any atom is 0.309 e. The van der Waals surface area contributed by atoms with Crippen molar-refractivity contribution in [1.29, 1.82) is 0 Å². The van der Waals surface area contributed by atoms with Crippen LogP contribution < -0.4 is 10.4 Å². The molecule has 1 N–H and O–H groups in total. The van der Waals surface area contributed by atoms with E-state index in [1.54, 1.807) is 0 Å². The highest BCUT2D eigenvalue weighted by atomic mass is 28.4. The summed E-state index contributed by atoms with van der Waals surface area (Å²) in [7, 11) is -1.26. The van der Waals surface area contributed by atoms with E-state index < -0.39 is 14.4 Å². The minimum absolute atomic E-state index is 0.0804. The fourth-order valence-electron chi connectivity index (χ4n) is 4.39. The lowest BCUT2D eigenvalue weighted by molar-refractivity contribution is -0.139. The number of hydrogen-bond donors (Lipinski definition) is 1. The van der Waals surface area contributed by atoms with E-state index in [9.17, 15) is 9.90 Å². The topological polar surface area (TPSA) is 55.8 Å². The second-order valence-corrected chi connectivity index (χ2v) is 14.3.